The van der Waals surface area contributed by atoms with Crippen molar-refractivity contribution in [2.24, 2.45) is 0 Å². The smallest absolute Gasteiger partial charge is 0.241 e. The standard InChI is InChI=1S/C10H14BrNO3S2/c1-8(7-16(2)13)12-17(14,15)10-6-4-3-5-9(10)11/h3-6,8,12H,7H2,1-2H3. The molecule has 4 nitrogen and oxygen atoms in total. The van der Waals surface area contributed by atoms with Crippen molar-refractivity contribution < 1.29 is 12.6 Å². The van der Waals surface area contributed by atoms with E-state index in [1.54, 1.807) is 31.4 Å². The topological polar surface area (TPSA) is 63.2 Å². The van der Waals surface area contributed by atoms with E-state index in [2.05, 4.69) is 20.7 Å². The van der Waals surface area contributed by atoms with Crippen molar-refractivity contribution in [1.29, 1.82) is 0 Å². The SMILES string of the molecule is CC(CS(C)=O)NS(=O)(=O)c1ccccc1Br. The van der Waals surface area contributed by atoms with E-state index >= 15 is 0 Å². The summed E-state index contributed by atoms with van der Waals surface area (Å²) in [5.74, 6) is 0.295. The first-order valence-corrected chi connectivity index (χ1v) is 8.90. The Balaban J connectivity index is 2.90. The summed E-state index contributed by atoms with van der Waals surface area (Å²) >= 11 is 3.19. The Labute approximate surface area is 112 Å². The summed E-state index contributed by atoms with van der Waals surface area (Å²) < 4.78 is 38.0. The number of sulfonamides is 1. The van der Waals surface area contributed by atoms with Gasteiger partial charge in [0.2, 0.25) is 10.0 Å². The lowest BCUT2D eigenvalue weighted by molar-refractivity contribution is 0.569. The fourth-order valence-electron chi connectivity index (χ4n) is 1.38. The second kappa shape index (κ2) is 6.08. The molecule has 0 fully saturated rings. The predicted molar refractivity (Wildman–Crippen MR) is 72.9 cm³/mol. The second-order valence-corrected chi connectivity index (χ2v) is 7.71. The van der Waals surface area contributed by atoms with Crippen LogP contribution in [0.2, 0.25) is 0 Å². The number of benzene rings is 1. The van der Waals surface area contributed by atoms with Crippen LogP contribution in [0.25, 0.3) is 0 Å². The van der Waals surface area contributed by atoms with Crippen LogP contribution in [0.5, 0.6) is 0 Å². The van der Waals surface area contributed by atoms with Crippen LogP contribution < -0.4 is 4.72 Å². The average Bonchev–Trinajstić information content (AvgIpc) is 2.15. The Morgan fingerprint density at radius 3 is 2.53 bits per heavy atom. The van der Waals surface area contributed by atoms with Gasteiger partial charge in [-0.1, -0.05) is 12.1 Å². The Bertz CT molecular complexity index is 516. The summed E-state index contributed by atoms with van der Waals surface area (Å²) in [7, 11) is -4.60. The molecular weight excluding hydrogens is 326 g/mol. The molecule has 0 spiro atoms. The maximum Gasteiger partial charge on any atom is 0.241 e. The van der Waals surface area contributed by atoms with Crippen LogP contribution in [0.15, 0.2) is 33.6 Å². The summed E-state index contributed by atoms with van der Waals surface area (Å²) in [4.78, 5) is 0.189. The molecule has 0 aliphatic carbocycles. The van der Waals surface area contributed by atoms with Crippen LogP contribution in [0.4, 0.5) is 0 Å². The first-order valence-electron chi connectivity index (χ1n) is 4.90. The summed E-state index contributed by atoms with van der Waals surface area (Å²) in [6.45, 7) is 1.69. The van der Waals surface area contributed by atoms with Gasteiger partial charge in [-0.3, -0.25) is 4.21 Å². The summed E-state index contributed by atoms with van der Waals surface area (Å²) in [5, 5.41) is 0. The highest BCUT2D eigenvalue weighted by atomic mass is 79.9. The van der Waals surface area contributed by atoms with E-state index in [1.807, 2.05) is 0 Å². The fourth-order valence-corrected chi connectivity index (χ4v) is 4.52. The molecular formula is C10H14BrNO3S2. The van der Waals surface area contributed by atoms with Crippen molar-refractivity contribution in [2.75, 3.05) is 12.0 Å². The van der Waals surface area contributed by atoms with Gasteiger partial charge in [-0.2, -0.15) is 0 Å². The van der Waals surface area contributed by atoms with Crippen LogP contribution in [-0.2, 0) is 20.8 Å². The summed E-state index contributed by atoms with van der Waals surface area (Å²) in [6, 6.07) is 6.22. The average molecular weight is 340 g/mol. The van der Waals surface area contributed by atoms with Crippen LogP contribution in [-0.4, -0.2) is 30.7 Å². The molecule has 17 heavy (non-hydrogen) atoms. The lowest BCUT2D eigenvalue weighted by atomic mass is 10.4. The van der Waals surface area contributed by atoms with Gasteiger partial charge in [-0.15, -0.1) is 0 Å². The largest absolute Gasteiger partial charge is 0.260 e. The van der Waals surface area contributed by atoms with Gasteiger partial charge in [0.25, 0.3) is 0 Å². The van der Waals surface area contributed by atoms with Gasteiger partial charge in [0.1, 0.15) is 0 Å². The van der Waals surface area contributed by atoms with E-state index in [0.717, 1.165) is 0 Å². The highest BCUT2D eigenvalue weighted by molar-refractivity contribution is 9.10. The molecule has 1 rings (SSSR count). The molecule has 2 atom stereocenters. The Hall–Kier alpha value is -0.240. The first-order chi connectivity index (χ1) is 7.83. The molecule has 0 aliphatic rings. The molecule has 7 heteroatoms. The molecule has 1 aromatic carbocycles. The van der Waals surface area contributed by atoms with Crippen LogP contribution in [0.3, 0.4) is 0 Å². The van der Waals surface area contributed by atoms with Gasteiger partial charge in [0.05, 0.1) is 4.90 Å². The van der Waals surface area contributed by atoms with E-state index < -0.39 is 20.8 Å². The lowest BCUT2D eigenvalue weighted by Gasteiger charge is -2.13. The number of hydrogen-bond donors (Lipinski definition) is 1. The van der Waals surface area contributed by atoms with Gasteiger partial charge < -0.3 is 0 Å². The summed E-state index contributed by atoms with van der Waals surface area (Å²) in [6.07, 6.45) is 1.54. The Morgan fingerprint density at radius 2 is 2.00 bits per heavy atom. The second-order valence-electron chi connectivity index (χ2n) is 3.69. The minimum atomic E-state index is -3.57. The van der Waals surface area contributed by atoms with Crippen molar-refractivity contribution in [3.63, 3.8) is 0 Å². The van der Waals surface area contributed by atoms with Crippen molar-refractivity contribution in [2.45, 2.75) is 17.9 Å². The zero-order valence-electron chi connectivity index (χ0n) is 9.51. The minimum Gasteiger partial charge on any atom is -0.260 e. The van der Waals surface area contributed by atoms with Crippen LogP contribution in [0.1, 0.15) is 6.92 Å². The summed E-state index contributed by atoms with van der Waals surface area (Å²) in [5.41, 5.74) is 0. The highest BCUT2D eigenvalue weighted by Crippen LogP contribution is 2.21. The molecule has 0 saturated carbocycles. The molecule has 0 heterocycles. The van der Waals surface area contributed by atoms with Gasteiger partial charge >= 0.3 is 0 Å². The fraction of sp³-hybridized carbons (Fsp3) is 0.400. The number of nitrogens with one attached hydrogen (secondary N) is 1. The quantitative estimate of drug-likeness (QED) is 0.883. The Kier molecular flexibility index (Phi) is 5.30. The van der Waals surface area contributed by atoms with E-state index in [9.17, 15) is 12.6 Å². The Morgan fingerprint density at radius 1 is 1.41 bits per heavy atom. The van der Waals surface area contributed by atoms with Crippen molar-refractivity contribution in [3.05, 3.63) is 28.7 Å². The van der Waals surface area contributed by atoms with Crippen molar-refractivity contribution in [1.82, 2.24) is 4.72 Å². The normalized spacial score (nSPS) is 15.5. The maximum absolute atomic E-state index is 12.0. The lowest BCUT2D eigenvalue weighted by Crippen LogP contribution is -2.36. The molecule has 96 valence electrons. The van der Waals surface area contributed by atoms with Crippen LogP contribution >= 0.6 is 15.9 Å². The molecule has 0 saturated heterocycles. The first kappa shape index (κ1) is 14.8. The number of halogens is 1. The molecule has 1 aromatic rings. The third kappa shape index (κ3) is 4.50. The van der Waals surface area contributed by atoms with E-state index in [4.69, 9.17) is 0 Å². The minimum absolute atomic E-state index is 0.189. The molecule has 0 bridgehead atoms. The van der Waals surface area contributed by atoms with Gasteiger partial charge in [-0.25, -0.2) is 13.1 Å². The monoisotopic (exact) mass is 339 g/mol. The van der Waals surface area contributed by atoms with Gasteiger partial charge in [0.15, 0.2) is 0 Å². The third-order valence-electron chi connectivity index (χ3n) is 1.97. The van der Waals surface area contributed by atoms with Crippen molar-refractivity contribution >= 4 is 36.8 Å². The zero-order valence-corrected chi connectivity index (χ0v) is 12.7. The van der Waals surface area contributed by atoms with Gasteiger partial charge in [0, 0.05) is 33.3 Å². The molecule has 2 unspecified atom stereocenters. The molecule has 0 aromatic heterocycles. The molecule has 0 aliphatic heterocycles. The maximum atomic E-state index is 12.0. The number of rotatable bonds is 5. The van der Waals surface area contributed by atoms with Gasteiger partial charge in [-0.05, 0) is 35.0 Å². The highest BCUT2D eigenvalue weighted by Gasteiger charge is 2.20. The molecule has 0 radical (unpaired) electrons. The predicted octanol–water partition coefficient (Wildman–Crippen LogP) is 1.49. The van der Waals surface area contributed by atoms with E-state index in [0.29, 0.717) is 10.2 Å². The molecule has 1 N–H and O–H groups in total. The van der Waals surface area contributed by atoms with E-state index in [-0.39, 0.29) is 10.9 Å². The number of hydrogen-bond acceptors (Lipinski definition) is 3. The zero-order chi connectivity index (χ0) is 13.1. The van der Waals surface area contributed by atoms with Crippen molar-refractivity contribution in [3.8, 4) is 0 Å². The van der Waals surface area contributed by atoms with Crippen LogP contribution in [0, 0.1) is 0 Å². The molecule has 0 amide bonds. The van der Waals surface area contributed by atoms with E-state index in [1.165, 1.54) is 6.07 Å². The third-order valence-corrected chi connectivity index (χ3v) is 5.54.